The maximum absolute atomic E-state index is 14.6. The first-order chi connectivity index (χ1) is 17.5. The zero-order valence-electron chi connectivity index (χ0n) is 20.6. The fourth-order valence-electron chi connectivity index (χ4n) is 2.98. The summed E-state index contributed by atoms with van der Waals surface area (Å²) in [5.74, 6) is -1.16. The molecule has 0 aromatic heterocycles. The molecule has 0 saturated heterocycles. The molecule has 0 aliphatic rings. The number of amidine groups is 2. The molecule has 37 heavy (non-hydrogen) atoms. The van der Waals surface area contributed by atoms with E-state index in [4.69, 9.17) is 36.7 Å². The normalized spacial score (nSPS) is 12.6. The lowest BCUT2D eigenvalue weighted by molar-refractivity contribution is -0.147. The summed E-state index contributed by atoms with van der Waals surface area (Å²) in [6.07, 6.45) is 0.184. The number of aryl methyl sites for hydroxylation is 2. The lowest BCUT2D eigenvalue weighted by Crippen LogP contribution is -2.25. The number of hydrogen-bond acceptors (Lipinski definition) is 7. The third-order valence-corrected chi connectivity index (χ3v) is 5.88. The molecule has 0 atom stereocenters. The summed E-state index contributed by atoms with van der Waals surface area (Å²) in [6.45, 7) is 4.05. The second kappa shape index (κ2) is 14.7. The van der Waals surface area contributed by atoms with Gasteiger partial charge in [0.15, 0.2) is 0 Å². The van der Waals surface area contributed by atoms with Crippen molar-refractivity contribution in [2.24, 2.45) is 20.9 Å². The van der Waals surface area contributed by atoms with Crippen molar-refractivity contribution in [3.63, 3.8) is 0 Å². The first-order valence-corrected chi connectivity index (χ1v) is 13.2. The van der Waals surface area contributed by atoms with E-state index in [-0.39, 0.29) is 55.1 Å². The fourth-order valence-corrected chi connectivity index (χ4v) is 3.62. The number of esters is 1. The van der Waals surface area contributed by atoms with Gasteiger partial charge in [0.2, 0.25) is 10.0 Å². The lowest BCUT2D eigenvalue weighted by atomic mass is 10.0. The van der Waals surface area contributed by atoms with E-state index in [9.17, 15) is 17.6 Å². The van der Waals surface area contributed by atoms with Gasteiger partial charge < -0.3 is 19.9 Å². The van der Waals surface area contributed by atoms with Crippen LogP contribution in [0.25, 0.3) is 0 Å². The first-order valence-electron chi connectivity index (χ1n) is 11.2. The van der Waals surface area contributed by atoms with Gasteiger partial charge in [-0.1, -0.05) is 23.8 Å². The van der Waals surface area contributed by atoms with E-state index in [0.717, 1.165) is 28.8 Å². The Morgan fingerprint density at radius 3 is 2.46 bits per heavy atom. The molecule has 0 heterocycles. The molecule has 2 aromatic carbocycles. The van der Waals surface area contributed by atoms with Crippen molar-refractivity contribution in [2.75, 3.05) is 38.9 Å². The Morgan fingerprint density at radius 2 is 1.78 bits per heavy atom. The van der Waals surface area contributed by atoms with Gasteiger partial charge in [-0.3, -0.25) is 0 Å². The molecule has 0 spiro atoms. The lowest BCUT2D eigenvalue weighted by Gasteiger charge is -2.10. The number of sulfonamides is 1. The average Bonchev–Trinajstić information content (AvgIpc) is 2.83. The van der Waals surface area contributed by atoms with Crippen molar-refractivity contribution in [3.05, 3.63) is 58.9 Å². The number of nitrogens with two attached hydrogens (primary N) is 2. The number of rotatable bonds is 13. The minimum atomic E-state index is -4.08. The number of alkyl halides is 1. The number of primary sulfonamides is 1. The number of carbonyl (C=O) groups is 1. The Hall–Kier alpha value is -2.90. The van der Waals surface area contributed by atoms with Crippen LogP contribution in [0.5, 0.6) is 0 Å². The van der Waals surface area contributed by atoms with Crippen molar-refractivity contribution >= 4 is 45.0 Å². The van der Waals surface area contributed by atoms with E-state index in [1.807, 2.05) is 32.0 Å². The second-order valence-corrected chi connectivity index (χ2v) is 9.85. The molecule has 0 aliphatic carbocycles. The van der Waals surface area contributed by atoms with Gasteiger partial charge >= 0.3 is 5.97 Å². The summed E-state index contributed by atoms with van der Waals surface area (Å²) in [5.41, 5.74) is 8.63. The number of benzene rings is 2. The molecule has 202 valence electrons. The van der Waals surface area contributed by atoms with Crippen LogP contribution in [0.4, 0.5) is 10.1 Å². The minimum absolute atomic E-state index is 0.0792. The average molecular weight is 557 g/mol. The van der Waals surface area contributed by atoms with E-state index >= 15 is 0 Å². The third-order valence-electron chi connectivity index (χ3n) is 4.82. The molecular formula is C24H30ClFN4O6S. The van der Waals surface area contributed by atoms with Gasteiger partial charge in [0, 0.05) is 12.3 Å². The number of carbonyl (C=O) groups excluding carboxylic acids is 1. The summed E-state index contributed by atoms with van der Waals surface area (Å²) in [4.78, 5) is 20.0. The molecule has 0 saturated carbocycles. The van der Waals surface area contributed by atoms with E-state index in [2.05, 4.69) is 9.98 Å². The summed E-state index contributed by atoms with van der Waals surface area (Å²) >= 11 is 5.49. The predicted octanol–water partition coefficient (Wildman–Crippen LogP) is 2.54. The molecule has 0 amide bonds. The molecule has 0 aliphatic heterocycles. The van der Waals surface area contributed by atoms with E-state index in [1.165, 1.54) is 6.07 Å². The first kappa shape index (κ1) is 30.3. The third kappa shape index (κ3) is 10.9. The quantitative estimate of drug-likeness (QED) is 0.126. The molecule has 0 unspecified atom stereocenters. The molecule has 4 N–H and O–H groups in total. The fraction of sp³-hybridized carbons (Fsp3) is 0.375. The maximum atomic E-state index is 14.6. The Labute approximate surface area is 220 Å². The zero-order valence-corrected chi connectivity index (χ0v) is 22.1. The summed E-state index contributed by atoms with van der Waals surface area (Å²) in [6, 6.07) is 8.91. The van der Waals surface area contributed by atoms with E-state index in [0.29, 0.717) is 12.5 Å². The van der Waals surface area contributed by atoms with Crippen LogP contribution in [0.1, 0.15) is 16.7 Å². The topological polar surface area (TPSA) is 156 Å². The molecule has 0 bridgehead atoms. The summed E-state index contributed by atoms with van der Waals surface area (Å²) < 4.78 is 53.0. The molecular weight excluding hydrogens is 527 g/mol. The minimum Gasteiger partial charge on any atom is -0.456 e. The molecule has 2 rings (SSSR count). The van der Waals surface area contributed by atoms with Crippen LogP contribution in [0, 0.1) is 19.7 Å². The van der Waals surface area contributed by atoms with Gasteiger partial charge in [0.25, 0.3) is 0 Å². The largest absolute Gasteiger partial charge is 0.456 e. The monoisotopic (exact) mass is 556 g/mol. The van der Waals surface area contributed by atoms with Gasteiger partial charge in [-0.05, 0) is 43.2 Å². The standard InChI is InChI=1S/C24H30ClFN4O6S/c1-16-3-4-17(2)18(11-16)12-23(29-21-6-5-19(13-20(21)26)37(28,32)33)30-22(27)14-36-24(31)15-35-10-9-34-8-7-25/h3-6,11,13H,7-10,12,14-15H2,1-2H3,(H2,27,29,30)(H2,28,32,33). The Morgan fingerprint density at radius 1 is 1.05 bits per heavy atom. The molecule has 0 radical (unpaired) electrons. The second-order valence-electron chi connectivity index (χ2n) is 7.91. The number of halogens is 2. The molecule has 2 aromatic rings. The van der Waals surface area contributed by atoms with Crippen LogP contribution in [-0.4, -0.2) is 65.0 Å². The van der Waals surface area contributed by atoms with Crippen molar-refractivity contribution in [2.45, 2.75) is 25.2 Å². The zero-order chi connectivity index (χ0) is 27.4. The van der Waals surface area contributed by atoms with Crippen LogP contribution >= 0.6 is 11.6 Å². The highest BCUT2D eigenvalue weighted by molar-refractivity contribution is 7.89. The van der Waals surface area contributed by atoms with Gasteiger partial charge in [-0.2, -0.15) is 0 Å². The smallest absolute Gasteiger partial charge is 0.332 e. The highest BCUT2D eigenvalue weighted by Gasteiger charge is 2.13. The van der Waals surface area contributed by atoms with Crippen LogP contribution in [0.2, 0.25) is 0 Å². The van der Waals surface area contributed by atoms with Crippen LogP contribution in [0.15, 0.2) is 51.3 Å². The van der Waals surface area contributed by atoms with Crippen LogP contribution < -0.4 is 10.9 Å². The van der Waals surface area contributed by atoms with Crippen molar-refractivity contribution in [1.29, 1.82) is 0 Å². The number of nitrogens with zero attached hydrogens (tertiary/aromatic N) is 2. The SMILES string of the molecule is Cc1ccc(C)c(CC(N=C(N)COC(=O)COCCOCCCl)=Nc2ccc(S(N)(=O)=O)cc2F)c1. The summed E-state index contributed by atoms with van der Waals surface area (Å²) in [5, 5.41) is 5.06. The van der Waals surface area contributed by atoms with E-state index in [1.54, 1.807) is 0 Å². The number of aliphatic imine (C=N–C) groups is 2. The van der Waals surface area contributed by atoms with Gasteiger partial charge in [-0.25, -0.2) is 32.7 Å². The Balaban J connectivity index is 2.18. The number of ether oxygens (including phenoxy) is 3. The van der Waals surface area contributed by atoms with Crippen LogP contribution in [0.3, 0.4) is 0 Å². The summed E-state index contributed by atoms with van der Waals surface area (Å²) in [7, 11) is -4.08. The van der Waals surface area contributed by atoms with Crippen molar-refractivity contribution in [1.82, 2.24) is 0 Å². The van der Waals surface area contributed by atoms with Gasteiger partial charge in [0.05, 0.1) is 24.7 Å². The Bertz CT molecular complexity index is 1250. The Kier molecular flexibility index (Phi) is 12.1. The van der Waals surface area contributed by atoms with Gasteiger partial charge in [-0.15, -0.1) is 11.6 Å². The van der Waals surface area contributed by atoms with E-state index < -0.39 is 21.8 Å². The number of hydrogen-bond donors (Lipinski definition) is 2. The van der Waals surface area contributed by atoms with Crippen molar-refractivity contribution in [3.8, 4) is 0 Å². The van der Waals surface area contributed by atoms with Gasteiger partial charge in [0.1, 0.15) is 36.4 Å². The van der Waals surface area contributed by atoms with Crippen molar-refractivity contribution < 1.29 is 31.8 Å². The van der Waals surface area contributed by atoms with Crippen LogP contribution in [-0.2, 0) is 35.4 Å². The molecule has 13 heteroatoms. The molecule has 10 nitrogen and oxygen atoms in total. The highest BCUT2D eigenvalue weighted by atomic mass is 35.5. The highest BCUT2D eigenvalue weighted by Crippen LogP contribution is 2.22. The predicted molar refractivity (Wildman–Crippen MR) is 139 cm³/mol. The maximum Gasteiger partial charge on any atom is 0.332 e. The molecule has 0 fully saturated rings.